The van der Waals surface area contributed by atoms with Crippen molar-refractivity contribution in [1.82, 2.24) is 15.3 Å². The van der Waals surface area contributed by atoms with E-state index in [0.29, 0.717) is 18.9 Å². The van der Waals surface area contributed by atoms with Gasteiger partial charge in [-0.2, -0.15) is 0 Å². The summed E-state index contributed by atoms with van der Waals surface area (Å²) in [5.41, 5.74) is 3.14. The van der Waals surface area contributed by atoms with Crippen molar-refractivity contribution in [2.24, 2.45) is 0 Å². The summed E-state index contributed by atoms with van der Waals surface area (Å²) < 4.78 is 4.92. The second kappa shape index (κ2) is 8.47. The molecule has 1 rings (SSSR count). The van der Waals surface area contributed by atoms with Crippen molar-refractivity contribution >= 4 is 11.8 Å². The van der Waals surface area contributed by atoms with Crippen molar-refractivity contribution in [3.8, 4) is 0 Å². The first-order valence-corrected chi connectivity index (χ1v) is 7.35. The number of hydrogen-bond donors (Lipinski definition) is 2. The molecule has 0 amide bonds. The molecule has 0 radical (unpaired) electrons. The van der Waals surface area contributed by atoms with Gasteiger partial charge in [-0.3, -0.25) is 0 Å². The van der Waals surface area contributed by atoms with Crippen molar-refractivity contribution < 1.29 is 9.84 Å². The Hall–Kier alpha value is -0.690. The maximum absolute atomic E-state index is 9.82. The Morgan fingerprint density at radius 2 is 1.89 bits per heavy atom. The van der Waals surface area contributed by atoms with Crippen LogP contribution in [0.2, 0.25) is 0 Å². The fourth-order valence-electron chi connectivity index (χ4n) is 1.48. The third-order valence-electron chi connectivity index (χ3n) is 2.88. The number of nitrogens with one attached hydrogen (secondary N) is 1. The molecule has 0 saturated heterocycles. The summed E-state index contributed by atoms with van der Waals surface area (Å²) in [5, 5.41) is 13.7. The number of hydrogen-bond acceptors (Lipinski definition) is 6. The predicted molar refractivity (Wildman–Crippen MR) is 77.7 cm³/mol. The Morgan fingerprint density at radius 3 is 2.47 bits per heavy atom. The molecule has 0 aromatic carbocycles. The molecule has 0 aliphatic rings. The van der Waals surface area contributed by atoms with Gasteiger partial charge in [0.15, 0.2) is 5.16 Å². The summed E-state index contributed by atoms with van der Waals surface area (Å²) in [6, 6.07) is 0. The van der Waals surface area contributed by atoms with Crippen LogP contribution in [0.5, 0.6) is 0 Å². The van der Waals surface area contributed by atoms with Gasteiger partial charge in [-0.25, -0.2) is 9.97 Å². The van der Waals surface area contributed by atoms with E-state index in [4.69, 9.17) is 4.74 Å². The van der Waals surface area contributed by atoms with Crippen LogP contribution < -0.4 is 5.32 Å². The molecule has 0 aliphatic carbocycles. The van der Waals surface area contributed by atoms with E-state index in [9.17, 15) is 5.11 Å². The average Bonchev–Trinajstić information content (AvgIpc) is 2.38. The Kier molecular flexibility index (Phi) is 7.30. The lowest BCUT2D eigenvalue weighted by atomic mass is 10.2. The lowest BCUT2D eigenvalue weighted by Gasteiger charge is -2.11. The van der Waals surface area contributed by atoms with Gasteiger partial charge in [-0.05, 0) is 26.3 Å². The van der Waals surface area contributed by atoms with Gasteiger partial charge in [0, 0.05) is 37.3 Å². The summed E-state index contributed by atoms with van der Waals surface area (Å²) >= 11 is 1.49. The zero-order valence-corrected chi connectivity index (χ0v) is 12.9. The van der Waals surface area contributed by atoms with Crippen LogP contribution in [-0.2, 0) is 4.74 Å². The largest absolute Gasteiger partial charge is 0.391 e. The molecular weight excluding hydrogens is 262 g/mol. The molecule has 0 fully saturated rings. The molecule has 1 aromatic rings. The molecule has 1 heterocycles. The van der Waals surface area contributed by atoms with Crippen LogP contribution in [0.1, 0.15) is 17.0 Å². The summed E-state index contributed by atoms with van der Waals surface area (Å²) in [5.74, 6) is 0.585. The number of aromatic nitrogens is 2. The van der Waals surface area contributed by atoms with Gasteiger partial charge in [0.1, 0.15) is 0 Å². The molecule has 1 unspecified atom stereocenters. The Labute approximate surface area is 119 Å². The second-order valence-corrected chi connectivity index (χ2v) is 5.45. The second-order valence-electron chi connectivity index (χ2n) is 4.46. The highest BCUT2D eigenvalue weighted by atomic mass is 32.2. The van der Waals surface area contributed by atoms with Crippen LogP contribution in [0.4, 0.5) is 0 Å². The van der Waals surface area contributed by atoms with Crippen LogP contribution >= 0.6 is 11.8 Å². The molecule has 1 atom stereocenters. The topological polar surface area (TPSA) is 67.3 Å². The molecule has 108 valence electrons. The third-order valence-corrected chi connectivity index (χ3v) is 3.87. The van der Waals surface area contributed by atoms with Crippen molar-refractivity contribution in [1.29, 1.82) is 0 Å². The highest BCUT2D eigenvalue weighted by Gasteiger charge is 2.09. The number of nitrogens with zero attached hydrogens (tertiary/aromatic N) is 2. The number of aryl methyl sites for hydroxylation is 2. The zero-order chi connectivity index (χ0) is 14.3. The number of aliphatic hydroxyl groups excluding tert-OH is 1. The van der Waals surface area contributed by atoms with E-state index in [0.717, 1.165) is 28.7 Å². The minimum atomic E-state index is -0.410. The van der Waals surface area contributed by atoms with Crippen molar-refractivity contribution in [2.75, 3.05) is 32.6 Å². The average molecular weight is 285 g/mol. The highest BCUT2D eigenvalue weighted by Crippen LogP contribution is 2.17. The molecule has 0 bridgehead atoms. The highest BCUT2D eigenvalue weighted by molar-refractivity contribution is 7.99. The summed E-state index contributed by atoms with van der Waals surface area (Å²) in [6.45, 7) is 7.94. The summed E-state index contributed by atoms with van der Waals surface area (Å²) in [7, 11) is 1.66. The first-order chi connectivity index (χ1) is 9.04. The molecule has 1 aromatic heterocycles. The van der Waals surface area contributed by atoms with Crippen LogP contribution in [0, 0.1) is 20.8 Å². The maximum atomic E-state index is 9.82. The standard InChI is InChI=1S/C13H23N3O2S/c1-9-10(2)15-13(16-11(9)3)19-8-12(17)7-14-5-6-18-4/h12,14,17H,5-8H2,1-4H3. The van der Waals surface area contributed by atoms with Crippen LogP contribution in [0.25, 0.3) is 0 Å². The fraction of sp³-hybridized carbons (Fsp3) is 0.692. The monoisotopic (exact) mass is 285 g/mol. The molecule has 0 aliphatic heterocycles. The van der Waals surface area contributed by atoms with Crippen LogP contribution in [0.15, 0.2) is 5.16 Å². The minimum absolute atomic E-state index is 0.410. The van der Waals surface area contributed by atoms with E-state index in [2.05, 4.69) is 15.3 Å². The van der Waals surface area contributed by atoms with E-state index in [-0.39, 0.29) is 0 Å². The van der Waals surface area contributed by atoms with Gasteiger partial charge < -0.3 is 15.2 Å². The van der Waals surface area contributed by atoms with E-state index in [1.54, 1.807) is 7.11 Å². The van der Waals surface area contributed by atoms with Gasteiger partial charge >= 0.3 is 0 Å². The summed E-state index contributed by atoms with van der Waals surface area (Å²) in [4.78, 5) is 8.83. The molecular formula is C13H23N3O2S. The first kappa shape index (κ1) is 16.4. The van der Waals surface area contributed by atoms with Crippen molar-refractivity contribution in [3.05, 3.63) is 17.0 Å². The van der Waals surface area contributed by atoms with Gasteiger partial charge in [0.2, 0.25) is 0 Å². The maximum Gasteiger partial charge on any atom is 0.188 e. The third kappa shape index (κ3) is 5.86. The lowest BCUT2D eigenvalue weighted by molar-refractivity contribution is 0.175. The van der Waals surface area contributed by atoms with Gasteiger partial charge in [0.05, 0.1) is 12.7 Å². The van der Waals surface area contributed by atoms with Gasteiger partial charge in [0.25, 0.3) is 0 Å². The zero-order valence-electron chi connectivity index (χ0n) is 12.1. The number of methoxy groups -OCH3 is 1. The van der Waals surface area contributed by atoms with E-state index < -0.39 is 6.10 Å². The lowest BCUT2D eigenvalue weighted by Crippen LogP contribution is -2.30. The van der Waals surface area contributed by atoms with E-state index in [1.807, 2.05) is 20.8 Å². The normalized spacial score (nSPS) is 12.7. The number of ether oxygens (including phenoxy) is 1. The fourth-order valence-corrected chi connectivity index (χ4v) is 2.34. The SMILES string of the molecule is COCCNCC(O)CSc1nc(C)c(C)c(C)n1. The van der Waals surface area contributed by atoms with E-state index in [1.165, 1.54) is 11.8 Å². The molecule has 0 spiro atoms. The van der Waals surface area contributed by atoms with E-state index >= 15 is 0 Å². The van der Waals surface area contributed by atoms with Crippen LogP contribution in [-0.4, -0.2) is 53.7 Å². The molecule has 6 heteroatoms. The van der Waals surface area contributed by atoms with Crippen molar-refractivity contribution in [3.63, 3.8) is 0 Å². The molecule has 2 N–H and O–H groups in total. The smallest absolute Gasteiger partial charge is 0.188 e. The van der Waals surface area contributed by atoms with Gasteiger partial charge in [-0.1, -0.05) is 11.8 Å². The summed E-state index contributed by atoms with van der Waals surface area (Å²) in [6.07, 6.45) is -0.410. The molecule has 5 nitrogen and oxygen atoms in total. The molecule has 0 saturated carbocycles. The number of thioether (sulfide) groups is 1. The Balaban J connectivity index is 2.36. The van der Waals surface area contributed by atoms with Gasteiger partial charge in [-0.15, -0.1) is 0 Å². The first-order valence-electron chi connectivity index (χ1n) is 6.37. The van der Waals surface area contributed by atoms with Crippen LogP contribution in [0.3, 0.4) is 0 Å². The predicted octanol–water partition coefficient (Wildman–Crippen LogP) is 1.09. The minimum Gasteiger partial charge on any atom is -0.391 e. The van der Waals surface area contributed by atoms with Crippen molar-refractivity contribution in [2.45, 2.75) is 32.0 Å². The number of rotatable bonds is 8. The molecule has 19 heavy (non-hydrogen) atoms. The quantitative estimate of drug-likeness (QED) is 0.423. The Morgan fingerprint density at radius 1 is 1.26 bits per heavy atom. The number of aliphatic hydroxyl groups is 1. The Bertz CT molecular complexity index is 378.